The number of nitrogens with zero attached hydrogens (tertiary/aromatic N) is 4. The number of hydrogen-bond acceptors (Lipinski definition) is 4. The quantitative estimate of drug-likeness (QED) is 0.639. The lowest BCUT2D eigenvalue weighted by Crippen LogP contribution is -2.26. The Morgan fingerprint density at radius 2 is 1.81 bits per heavy atom. The van der Waals surface area contributed by atoms with Crippen LogP contribution in [0.25, 0.3) is 0 Å². The molecule has 0 aliphatic rings. The van der Waals surface area contributed by atoms with Gasteiger partial charge in [0.05, 0.1) is 12.7 Å². The zero-order valence-electron chi connectivity index (χ0n) is 14.6. The molecule has 140 valence electrons. The molecular formula is C19H18F2N4O2. The minimum absolute atomic E-state index is 0.0755. The summed E-state index contributed by atoms with van der Waals surface area (Å²) in [5, 5.41) is 7.93. The molecule has 8 heteroatoms. The minimum Gasteiger partial charge on any atom is -0.435 e. The van der Waals surface area contributed by atoms with Gasteiger partial charge in [-0.2, -0.15) is 8.78 Å². The molecule has 3 aromatic rings. The highest BCUT2D eigenvalue weighted by Gasteiger charge is 2.16. The smallest absolute Gasteiger partial charge is 0.387 e. The van der Waals surface area contributed by atoms with Gasteiger partial charge in [0.25, 0.3) is 5.91 Å². The van der Waals surface area contributed by atoms with Gasteiger partial charge >= 0.3 is 6.61 Å². The van der Waals surface area contributed by atoms with E-state index in [4.69, 9.17) is 0 Å². The van der Waals surface area contributed by atoms with Crippen LogP contribution >= 0.6 is 0 Å². The highest BCUT2D eigenvalue weighted by molar-refractivity contribution is 5.91. The fraction of sp³-hybridized carbons (Fsp3) is 0.211. The van der Waals surface area contributed by atoms with E-state index in [1.54, 1.807) is 30.1 Å². The first kappa shape index (κ1) is 18.5. The van der Waals surface area contributed by atoms with Crippen molar-refractivity contribution in [3.63, 3.8) is 0 Å². The van der Waals surface area contributed by atoms with E-state index in [-0.39, 0.29) is 17.4 Å². The van der Waals surface area contributed by atoms with Crippen LogP contribution in [-0.4, -0.2) is 39.5 Å². The molecule has 1 amide bonds. The summed E-state index contributed by atoms with van der Waals surface area (Å²) in [4.78, 5) is 14.0. The van der Waals surface area contributed by atoms with Gasteiger partial charge in [-0.15, -0.1) is 5.10 Å². The fourth-order valence-electron chi connectivity index (χ4n) is 2.56. The first-order chi connectivity index (χ1) is 13.0. The average Bonchev–Trinajstić information content (AvgIpc) is 3.11. The van der Waals surface area contributed by atoms with Crippen LogP contribution < -0.4 is 4.74 Å². The summed E-state index contributed by atoms with van der Waals surface area (Å²) in [7, 11) is 1.64. The molecule has 0 aliphatic heterocycles. The number of alkyl halides is 2. The summed E-state index contributed by atoms with van der Waals surface area (Å²) < 4.78 is 30.3. The number of amides is 1. The van der Waals surface area contributed by atoms with Gasteiger partial charge in [0.2, 0.25) is 0 Å². The summed E-state index contributed by atoms with van der Waals surface area (Å²) in [6, 6.07) is 15.9. The van der Waals surface area contributed by atoms with Crippen molar-refractivity contribution >= 4 is 5.91 Å². The molecule has 0 N–H and O–H groups in total. The van der Waals surface area contributed by atoms with E-state index < -0.39 is 6.61 Å². The number of hydrogen-bond donors (Lipinski definition) is 0. The Labute approximate surface area is 155 Å². The third-order valence-corrected chi connectivity index (χ3v) is 3.86. The Morgan fingerprint density at radius 3 is 2.48 bits per heavy atom. The van der Waals surface area contributed by atoms with Gasteiger partial charge in [0.15, 0.2) is 5.69 Å². The Bertz CT molecular complexity index is 882. The molecular weight excluding hydrogens is 354 g/mol. The Morgan fingerprint density at radius 1 is 1.11 bits per heavy atom. The third kappa shape index (κ3) is 5.10. The molecule has 1 aromatic heterocycles. The monoisotopic (exact) mass is 372 g/mol. The van der Waals surface area contributed by atoms with E-state index in [0.717, 1.165) is 11.1 Å². The molecule has 0 saturated heterocycles. The number of ether oxygens (including phenoxy) is 1. The van der Waals surface area contributed by atoms with Crippen LogP contribution in [0.1, 0.15) is 21.6 Å². The van der Waals surface area contributed by atoms with Gasteiger partial charge in [-0.3, -0.25) is 4.79 Å². The molecule has 0 unspecified atom stereocenters. The van der Waals surface area contributed by atoms with E-state index in [2.05, 4.69) is 15.0 Å². The van der Waals surface area contributed by atoms with E-state index >= 15 is 0 Å². The molecule has 2 aromatic carbocycles. The Kier molecular flexibility index (Phi) is 5.75. The summed E-state index contributed by atoms with van der Waals surface area (Å²) in [6.45, 7) is -2.03. The van der Waals surface area contributed by atoms with Crippen LogP contribution in [0.3, 0.4) is 0 Å². The summed E-state index contributed by atoms with van der Waals surface area (Å²) in [6.07, 6.45) is 1.60. The van der Waals surface area contributed by atoms with Crippen molar-refractivity contribution < 1.29 is 18.3 Å². The molecule has 0 radical (unpaired) electrons. The highest BCUT2D eigenvalue weighted by Crippen LogP contribution is 2.16. The average molecular weight is 372 g/mol. The Hall–Kier alpha value is -3.29. The van der Waals surface area contributed by atoms with Crippen molar-refractivity contribution in [3.05, 3.63) is 77.6 Å². The second-order valence-corrected chi connectivity index (χ2v) is 5.97. The molecule has 0 spiro atoms. The van der Waals surface area contributed by atoms with Crippen molar-refractivity contribution in [2.75, 3.05) is 7.05 Å². The van der Waals surface area contributed by atoms with Crippen LogP contribution in [-0.2, 0) is 13.1 Å². The fourth-order valence-corrected chi connectivity index (χ4v) is 2.56. The number of rotatable bonds is 7. The van der Waals surface area contributed by atoms with E-state index in [1.807, 2.05) is 30.3 Å². The topological polar surface area (TPSA) is 60.2 Å². The standard InChI is InChI=1S/C19H18F2N4O2/c1-24(11-15-7-9-16(10-8-15)27-19(20)21)18(26)17-13-25(23-22-17)12-14-5-3-2-4-6-14/h2-10,13,19H,11-12H2,1H3. The van der Waals surface area contributed by atoms with Crippen LogP contribution in [0.5, 0.6) is 5.75 Å². The minimum atomic E-state index is -2.86. The van der Waals surface area contributed by atoms with Crippen molar-refractivity contribution in [2.24, 2.45) is 0 Å². The molecule has 27 heavy (non-hydrogen) atoms. The van der Waals surface area contributed by atoms with Crippen molar-refractivity contribution in [2.45, 2.75) is 19.7 Å². The zero-order valence-corrected chi connectivity index (χ0v) is 14.6. The van der Waals surface area contributed by atoms with Crippen LogP contribution in [0, 0.1) is 0 Å². The lowest BCUT2D eigenvalue weighted by Gasteiger charge is -2.16. The second-order valence-electron chi connectivity index (χ2n) is 5.97. The predicted molar refractivity (Wildman–Crippen MR) is 94.4 cm³/mol. The number of benzene rings is 2. The SMILES string of the molecule is CN(Cc1ccc(OC(F)F)cc1)C(=O)c1cn(Cc2ccccc2)nn1. The first-order valence-corrected chi connectivity index (χ1v) is 8.24. The molecule has 0 bridgehead atoms. The van der Waals surface area contributed by atoms with Crippen molar-refractivity contribution in [3.8, 4) is 5.75 Å². The number of halogens is 2. The largest absolute Gasteiger partial charge is 0.435 e. The van der Waals surface area contributed by atoms with Crippen molar-refractivity contribution in [1.82, 2.24) is 19.9 Å². The maximum Gasteiger partial charge on any atom is 0.387 e. The third-order valence-electron chi connectivity index (χ3n) is 3.86. The molecule has 1 heterocycles. The van der Waals surface area contributed by atoms with Gasteiger partial charge in [-0.05, 0) is 23.3 Å². The maximum absolute atomic E-state index is 12.5. The molecule has 0 fully saturated rings. The van der Waals surface area contributed by atoms with E-state index in [9.17, 15) is 13.6 Å². The maximum atomic E-state index is 12.5. The van der Waals surface area contributed by atoms with E-state index in [1.165, 1.54) is 17.0 Å². The molecule has 0 atom stereocenters. The summed E-state index contributed by atoms with van der Waals surface area (Å²) >= 11 is 0. The van der Waals surface area contributed by atoms with Crippen LogP contribution in [0.15, 0.2) is 60.8 Å². The van der Waals surface area contributed by atoms with Gasteiger partial charge in [-0.25, -0.2) is 4.68 Å². The lowest BCUT2D eigenvalue weighted by atomic mass is 10.2. The normalized spacial score (nSPS) is 10.8. The van der Waals surface area contributed by atoms with Gasteiger partial charge in [0, 0.05) is 13.6 Å². The van der Waals surface area contributed by atoms with Crippen molar-refractivity contribution in [1.29, 1.82) is 0 Å². The predicted octanol–water partition coefficient (Wildman–Crippen LogP) is 3.20. The number of aromatic nitrogens is 3. The zero-order chi connectivity index (χ0) is 19.2. The molecule has 3 rings (SSSR count). The molecule has 0 aliphatic carbocycles. The lowest BCUT2D eigenvalue weighted by molar-refractivity contribution is -0.0498. The summed E-state index contributed by atoms with van der Waals surface area (Å²) in [5.74, 6) is -0.200. The number of carbonyl (C=O) groups excluding carboxylic acids is 1. The summed E-state index contributed by atoms with van der Waals surface area (Å²) in [5.41, 5.74) is 2.08. The van der Waals surface area contributed by atoms with E-state index in [0.29, 0.717) is 13.1 Å². The van der Waals surface area contributed by atoms with Crippen LogP contribution in [0.4, 0.5) is 8.78 Å². The Balaban J connectivity index is 1.60. The number of carbonyl (C=O) groups is 1. The second kappa shape index (κ2) is 8.39. The highest BCUT2D eigenvalue weighted by atomic mass is 19.3. The van der Waals surface area contributed by atoms with Crippen LogP contribution in [0.2, 0.25) is 0 Å². The van der Waals surface area contributed by atoms with Gasteiger partial charge < -0.3 is 9.64 Å². The molecule has 0 saturated carbocycles. The first-order valence-electron chi connectivity index (χ1n) is 8.24. The van der Waals surface area contributed by atoms with Gasteiger partial charge in [0.1, 0.15) is 5.75 Å². The molecule has 6 nitrogen and oxygen atoms in total. The van der Waals surface area contributed by atoms with Gasteiger partial charge in [-0.1, -0.05) is 47.7 Å².